The normalized spacial score (nSPS) is 34.3. The van der Waals surface area contributed by atoms with E-state index < -0.39 is 35.9 Å². The third-order valence-electron chi connectivity index (χ3n) is 2.86. The number of aliphatic hydroxyl groups excluding tert-OH is 1. The summed E-state index contributed by atoms with van der Waals surface area (Å²) in [6.45, 7) is 0. The molecule has 1 N–H and O–H groups in total. The van der Waals surface area contributed by atoms with Crippen molar-refractivity contribution in [3.63, 3.8) is 0 Å². The maximum absolute atomic E-state index is 13.1. The fraction of sp³-hybridized carbons (Fsp3) is 0.556. The molecule has 0 aromatic carbocycles. The molecule has 1 fully saturated rings. The quantitative estimate of drug-likeness (QED) is 0.700. The van der Waals surface area contributed by atoms with Gasteiger partial charge in [-0.2, -0.15) is 9.37 Å². The zero-order valence-electron chi connectivity index (χ0n) is 8.42. The summed E-state index contributed by atoms with van der Waals surface area (Å²) in [5.41, 5.74) is -1.00. The summed E-state index contributed by atoms with van der Waals surface area (Å²) >= 11 is 5.61. The number of aromatic nitrogens is 2. The lowest BCUT2D eigenvalue weighted by molar-refractivity contribution is -0.00503. The minimum Gasteiger partial charge on any atom is -0.453 e. The predicted octanol–water partition coefficient (Wildman–Crippen LogP) is -0.359. The highest BCUT2D eigenvalue weighted by molar-refractivity contribution is 6.18. The Labute approximate surface area is 99.5 Å². The van der Waals surface area contributed by atoms with Crippen molar-refractivity contribution < 1.29 is 19.0 Å². The van der Waals surface area contributed by atoms with E-state index in [9.17, 15) is 14.3 Å². The highest BCUT2D eigenvalue weighted by Gasteiger charge is 2.51. The summed E-state index contributed by atoms with van der Waals surface area (Å²) in [5.74, 6) is -0.895. The largest absolute Gasteiger partial charge is 0.453 e. The Morgan fingerprint density at radius 3 is 3.12 bits per heavy atom. The van der Waals surface area contributed by atoms with E-state index in [1.165, 1.54) is 4.57 Å². The molecule has 1 aromatic heterocycles. The Kier molecular flexibility index (Phi) is 2.35. The van der Waals surface area contributed by atoms with Crippen molar-refractivity contribution >= 4 is 11.6 Å². The highest BCUT2D eigenvalue weighted by Crippen LogP contribution is 2.39. The van der Waals surface area contributed by atoms with E-state index in [2.05, 4.69) is 4.98 Å². The summed E-state index contributed by atoms with van der Waals surface area (Å²) in [5, 5.41) is 9.82. The Hall–Kier alpha value is -1.18. The molecule has 3 heterocycles. The van der Waals surface area contributed by atoms with Gasteiger partial charge in [-0.25, -0.2) is 0 Å². The van der Waals surface area contributed by atoms with Gasteiger partial charge in [0.05, 0.1) is 12.1 Å². The van der Waals surface area contributed by atoms with E-state index in [-0.39, 0.29) is 11.9 Å². The van der Waals surface area contributed by atoms with Crippen LogP contribution in [-0.4, -0.2) is 38.8 Å². The molecule has 0 spiro atoms. The van der Waals surface area contributed by atoms with E-state index in [0.717, 1.165) is 6.20 Å². The summed E-state index contributed by atoms with van der Waals surface area (Å²) in [6, 6.07) is -0.0570. The lowest BCUT2D eigenvalue weighted by Crippen LogP contribution is -2.34. The van der Waals surface area contributed by atoms with Gasteiger partial charge < -0.3 is 14.6 Å². The van der Waals surface area contributed by atoms with Crippen LogP contribution in [0.3, 0.4) is 0 Å². The molecule has 8 heteroatoms. The lowest BCUT2D eigenvalue weighted by atomic mass is 10.1. The third-order valence-corrected chi connectivity index (χ3v) is 3.16. The number of halogens is 2. The molecule has 2 aliphatic rings. The molecule has 0 bridgehead atoms. The Balaban J connectivity index is 2.02. The van der Waals surface area contributed by atoms with Crippen LogP contribution in [0.4, 0.5) is 4.39 Å². The van der Waals surface area contributed by atoms with Crippen LogP contribution in [0.2, 0.25) is 0 Å². The second-order valence-corrected chi connectivity index (χ2v) is 4.18. The van der Waals surface area contributed by atoms with Crippen LogP contribution in [-0.2, 0) is 4.74 Å². The van der Waals surface area contributed by atoms with Crippen molar-refractivity contribution in [3.8, 4) is 6.01 Å². The van der Waals surface area contributed by atoms with Crippen molar-refractivity contribution in [1.82, 2.24) is 9.55 Å². The fourth-order valence-electron chi connectivity index (χ4n) is 2.02. The molecule has 0 amide bonds. The Morgan fingerprint density at radius 1 is 1.65 bits per heavy atom. The molecule has 1 saturated heterocycles. The summed E-state index contributed by atoms with van der Waals surface area (Å²) in [6.07, 6.45) is -1.97. The van der Waals surface area contributed by atoms with Crippen molar-refractivity contribution in [2.24, 2.45) is 0 Å². The first kappa shape index (κ1) is 10.9. The van der Waals surface area contributed by atoms with Crippen molar-refractivity contribution in [2.75, 3.05) is 5.88 Å². The molecular weight excluding hydrogens is 255 g/mol. The van der Waals surface area contributed by atoms with Gasteiger partial charge in [-0.3, -0.25) is 9.36 Å². The fourth-order valence-corrected chi connectivity index (χ4v) is 2.27. The van der Waals surface area contributed by atoms with Gasteiger partial charge in [0.1, 0.15) is 12.2 Å². The molecule has 92 valence electrons. The van der Waals surface area contributed by atoms with Gasteiger partial charge in [0.15, 0.2) is 12.3 Å². The molecule has 0 aliphatic carbocycles. The zero-order valence-corrected chi connectivity index (χ0v) is 9.17. The van der Waals surface area contributed by atoms with E-state index in [1.54, 1.807) is 0 Å². The van der Waals surface area contributed by atoms with Crippen molar-refractivity contribution in [3.05, 3.63) is 22.4 Å². The van der Waals surface area contributed by atoms with Gasteiger partial charge >= 0.3 is 11.6 Å². The van der Waals surface area contributed by atoms with Crippen LogP contribution < -0.4 is 10.3 Å². The van der Waals surface area contributed by atoms with Gasteiger partial charge in [-0.05, 0) is 0 Å². The predicted molar refractivity (Wildman–Crippen MR) is 53.5 cm³/mol. The minimum absolute atomic E-state index is 0.0570. The molecule has 17 heavy (non-hydrogen) atoms. The van der Waals surface area contributed by atoms with Gasteiger partial charge in [-0.15, -0.1) is 11.6 Å². The number of aliphatic hydroxyl groups is 1. The number of fused-ring (bicyclic) bond motifs is 3. The van der Waals surface area contributed by atoms with E-state index in [0.29, 0.717) is 0 Å². The molecule has 2 aliphatic heterocycles. The van der Waals surface area contributed by atoms with Crippen LogP contribution >= 0.6 is 11.6 Å². The van der Waals surface area contributed by atoms with Gasteiger partial charge in [-0.1, -0.05) is 0 Å². The Morgan fingerprint density at radius 2 is 2.41 bits per heavy atom. The molecular formula is C9H8ClFN2O4. The molecule has 0 radical (unpaired) electrons. The van der Waals surface area contributed by atoms with Crippen molar-refractivity contribution in [2.45, 2.75) is 24.5 Å². The molecule has 0 saturated carbocycles. The van der Waals surface area contributed by atoms with Gasteiger partial charge in [0.2, 0.25) is 5.82 Å². The summed E-state index contributed by atoms with van der Waals surface area (Å²) in [4.78, 5) is 14.4. The van der Waals surface area contributed by atoms with E-state index >= 15 is 0 Å². The molecule has 4 atom stereocenters. The maximum Gasteiger partial charge on any atom is 0.311 e. The van der Waals surface area contributed by atoms with E-state index in [4.69, 9.17) is 21.1 Å². The monoisotopic (exact) mass is 262 g/mol. The SMILES string of the molecule is O=c1nc2n(cc1F)[C@@H]1O[C@@H](CCl)[C@@H](O)[C@H]1O2. The number of rotatable bonds is 1. The highest BCUT2D eigenvalue weighted by atomic mass is 35.5. The molecule has 1 aromatic rings. The lowest BCUT2D eigenvalue weighted by Gasteiger charge is -2.13. The number of nitrogens with zero attached hydrogens (tertiary/aromatic N) is 2. The zero-order chi connectivity index (χ0) is 12.2. The van der Waals surface area contributed by atoms with Crippen LogP contribution in [0, 0.1) is 5.82 Å². The first-order chi connectivity index (χ1) is 8.11. The maximum atomic E-state index is 13.1. The smallest absolute Gasteiger partial charge is 0.311 e. The topological polar surface area (TPSA) is 73.6 Å². The average Bonchev–Trinajstić information content (AvgIpc) is 2.78. The van der Waals surface area contributed by atoms with Crippen molar-refractivity contribution in [1.29, 1.82) is 0 Å². The molecule has 3 rings (SSSR count). The van der Waals surface area contributed by atoms with Crippen LogP contribution in [0.15, 0.2) is 11.0 Å². The van der Waals surface area contributed by atoms with Gasteiger partial charge in [0.25, 0.3) is 0 Å². The standard InChI is InChI=1S/C9H8ClFN2O4/c10-1-4-5(14)6-8(16-4)13-2-3(11)7(15)12-9(13)17-6/h2,4-6,8,14H,1H2/t4-,5+,6+,8+/m0/s1. The second-order valence-electron chi connectivity index (χ2n) is 3.88. The van der Waals surface area contributed by atoms with Gasteiger partial charge in [0, 0.05) is 0 Å². The molecule has 6 nitrogen and oxygen atoms in total. The number of ether oxygens (including phenoxy) is 2. The van der Waals surface area contributed by atoms with E-state index in [1.807, 2.05) is 0 Å². The summed E-state index contributed by atoms with van der Waals surface area (Å²) in [7, 11) is 0. The molecule has 0 unspecified atom stereocenters. The Bertz CT molecular complexity index is 522. The van der Waals surface area contributed by atoms with Crippen LogP contribution in [0.25, 0.3) is 0 Å². The average molecular weight is 263 g/mol. The first-order valence-corrected chi connectivity index (χ1v) is 5.50. The van der Waals surface area contributed by atoms with Crippen LogP contribution in [0.5, 0.6) is 6.01 Å². The third kappa shape index (κ3) is 1.46. The summed E-state index contributed by atoms with van der Waals surface area (Å²) < 4.78 is 25.0. The number of hydrogen-bond donors (Lipinski definition) is 1. The first-order valence-electron chi connectivity index (χ1n) is 4.96. The van der Waals surface area contributed by atoms with Crippen LogP contribution in [0.1, 0.15) is 6.23 Å². The minimum atomic E-state index is -1.00. The number of alkyl halides is 1. The second kappa shape index (κ2) is 3.66. The number of hydrogen-bond acceptors (Lipinski definition) is 5.